The van der Waals surface area contributed by atoms with Crippen LogP contribution in [0.1, 0.15) is 25.6 Å². The molecule has 56 valence electrons. The van der Waals surface area contributed by atoms with Gasteiger partial charge >= 0.3 is 0 Å². The van der Waals surface area contributed by atoms with Crippen molar-refractivity contribution >= 4 is 5.91 Å². The van der Waals surface area contributed by atoms with Gasteiger partial charge in [0.25, 0.3) is 0 Å². The zero-order chi connectivity index (χ0) is 7.98. The van der Waals surface area contributed by atoms with E-state index in [1.807, 2.05) is 13.8 Å². The van der Waals surface area contributed by atoms with E-state index in [0.29, 0.717) is 0 Å². The Morgan fingerprint density at radius 2 is 2.10 bits per heavy atom. The normalized spacial score (nSPS) is 7.90. The highest BCUT2D eigenvalue weighted by Crippen LogP contribution is 1.82. The van der Waals surface area contributed by atoms with Gasteiger partial charge in [-0.3, -0.25) is 9.36 Å². The van der Waals surface area contributed by atoms with Gasteiger partial charge in [0, 0.05) is 19.3 Å². The molecule has 0 bridgehead atoms. The lowest BCUT2D eigenvalue weighted by molar-refractivity contribution is 0.0936. The maximum absolute atomic E-state index is 10.4. The highest BCUT2D eigenvalue weighted by molar-refractivity contribution is 5.75. The summed E-state index contributed by atoms with van der Waals surface area (Å²) in [4.78, 5) is 14.1. The third-order valence-electron chi connectivity index (χ3n) is 0.868. The molecule has 0 radical (unpaired) electrons. The summed E-state index contributed by atoms with van der Waals surface area (Å²) in [5, 5.41) is 0. The van der Waals surface area contributed by atoms with Crippen LogP contribution in [0.4, 0.5) is 0 Å². The molecule has 0 N–H and O–H groups in total. The molecule has 0 aromatic carbocycles. The third-order valence-corrected chi connectivity index (χ3v) is 0.868. The second-order valence-electron chi connectivity index (χ2n) is 1.49. The van der Waals surface area contributed by atoms with Crippen molar-refractivity contribution in [2.24, 2.45) is 0 Å². The third kappa shape index (κ3) is 2.44. The lowest BCUT2D eigenvalue weighted by Crippen LogP contribution is -2.00. The average Bonchev–Trinajstić information content (AvgIpc) is 2.42. The Bertz CT molecular complexity index is 179. The van der Waals surface area contributed by atoms with Crippen molar-refractivity contribution in [2.45, 2.75) is 20.8 Å². The predicted molar refractivity (Wildman–Crippen MR) is 39.9 cm³/mol. The minimum Gasteiger partial charge on any atom is -0.277 e. The van der Waals surface area contributed by atoms with Crippen LogP contribution in [0.25, 0.3) is 0 Å². The summed E-state index contributed by atoms with van der Waals surface area (Å²) in [6, 6.07) is 0. The molecule has 10 heavy (non-hydrogen) atoms. The van der Waals surface area contributed by atoms with E-state index in [-0.39, 0.29) is 5.91 Å². The Morgan fingerprint density at radius 1 is 1.50 bits per heavy atom. The molecule has 0 aliphatic rings. The van der Waals surface area contributed by atoms with Crippen LogP contribution in [-0.2, 0) is 0 Å². The monoisotopic (exact) mass is 140 g/mol. The molecule has 1 heterocycles. The van der Waals surface area contributed by atoms with E-state index in [9.17, 15) is 4.79 Å². The standard InChI is InChI=1S/C5H6N2O.C2H6/c1-5(8)7-3-2-6-4-7;1-2/h2-4H,1H3;1-2H3. The molecule has 3 nitrogen and oxygen atoms in total. The molecule has 0 aliphatic carbocycles. The number of hydrogen-bond donors (Lipinski definition) is 0. The first kappa shape index (κ1) is 8.88. The molecule has 1 aromatic heterocycles. The number of carbonyl (C=O) groups is 1. The van der Waals surface area contributed by atoms with Gasteiger partial charge in [0.1, 0.15) is 6.33 Å². The van der Waals surface area contributed by atoms with Crippen LogP contribution < -0.4 is 0 Å². The van der Waals surface area contributed by atoms with E-state index in [1.54, 1.807) is 12.4 Å². The van der Waals surface area contributed by atoms with Crippen LogP contribution in [0.5, 0.6) is 0 Å². The van der Waals surface area contributed by atoms with Gasteiger partial charge in [-0.05, 0) is 0 Å². The Labute approximate surface area is 60.7 Å². The second-order valence-corrected chi connectivity index (χ2v) is 1.49. The molecule has 0 atom stereocenters. The summed E-state index contributed by atoms with van der Waals surface area (Å²) in [6.07, 6.45) is 4.66. The van der Waals surface area contributed by atoms with Crippen molar-refractivity contribution in [1.82, 2.24) is 9.55 Å². The van der Waals surface area contributed by atoms with Crippen molar-refractivity contribution in [3.05, 3.63) is 18.7 Å². The van der Waals surface area contributed by atoms with Crippen LogP contribution in [0.15, 0.2) is 18.7 Å². The van der Waals surface area contributed by atoms with Crippen molar-refractivity contribution in [1.29, 1.82) is 0 Å². The molecule has 1 rings (SSSR count). The van der Waals surface area contributed by atoms with Gasteiger partial charge in [-0.25, -0.2) is 4.98 Å². The Hall–Kier alpha value is -1.12. The maximum Gasteiger partial charge on any atom is 0.228 e. The minimum atomic E-state index is -0.0116. The number of hydrogen-bond acceptors (Lipinski definition) is 2. The summed E-state index contributed by atoms with van der Waals surface area (Å²) in [5.74, 6) is -0.0116. The van der Waals surface area contributed by atoms with Gasteiger partial charge in [0.15, 0.2) is 0 Å². The first-order valence-electron chi connectivity index (χ1n) is 3.29. The zero-order valence-corrected chi connectivity index (χ0v) is 6.53. The molecule has 0 saturated carbocycles. The fourth-order valence-electron chi connectivity index (χ4n) is 0.445. The van der Waals surface area contributed by atoms with Gasteiger partial charge in [-0.2, -0.15) is 0 Å². The molecule has 0 saturated heterocycles. The van der Waals surface area contributed by atoms with Gasteiger partial charge in [-0.1, -0.05) is 13.8 Å². The molecule has 0 fully saturated rings. The molecule has 0 amide bonds. The van der Waals surface area contributed by atoms with Crippen LogP contribution in [0.3, 0.4) is 0 Å². The summed E-state index contributed by atoms with van der Waals surface area (Å²) in [7, 11) is 0. The van der Waals surface area contributed by atoms with Gasteiger partial charge in [0.05, 0.1) is 0 Å². The summed E-state index contributed by atoms with van der Waals surface area (Å²) in [5.41, 5.74) is 0. The molecule has 3 heteroatoms. The lowest BCUT2D eigenvalue weighted by atomic mass is 10.7. The number of rotatable bonds is 0. The van der Waals surface area contributed by atoms with Crippen molar-refractivity contribution in [3.8, 4) is 0 Å². The highest BCUT2D eigenvalue weighted by atomic mass is 16.1. The fraction of sp³-hybridized carbons (Fsp3) is 0.429. The highest BCUT2D eigenvalue weighted by Gasteiger charge is 1.90. The van der Waals surface area contributed by atoms with Crippen LogP contribution in [0, 0.1) is 0 Å². The molecular weight excluding hydrogens is 128 g/mol. The maximum atomic E-state index is 10.4. The molecule has 0 aliphatic heterocycles. The van der Waals surface area contributed by atoms with Crippen LogP contribution in [0.2, 0.25) is 0 Å². The van der Waals surface area contributed by atoms with E-state index in [2.05, 4.69) is 4.98 Å². The largest absolute Gasteiger partial charge is 0.277 e. The first-order valence-corrected chi connectivity index (χ1v) is 3.29. The lowest BCUT2D eigenvalue weighted by Gasteiger charge is -1.87. The van der Waals surface area contributed by atoms with Crippen molar-refractivity contribution < 1.29 is 4.79 Å². The average molecular weight is 140 g/mol. The number of aromatic nitrogens is 2. The van der Waals surface area contributed by atoms with Gasteiger partial charge in [-0.15, -0.1) is 0 Å². The van der Waals surface area contributed by atoms with Gasteiger partial charge < -0.3 is 0 Å². The SMILES string of the molecule is CC.CC(=O)n1ccnc1. The van der Waals surface area contributed by atoms with E-state index >= 15 is 0 Å². The molecular formula is C7H12N2O. The Kier molecular flexibility index (Phi) is 4.20. The van der Waals surface area contributed by atoms with Crippen molar-refractivity contribution in [3.63, 3.8) is 0 Å². The Morgan fingerprint density at radius 3 is 2.30 bits per heavy atom. The predicted octanol–water partition coefficient (Wildman–Crippen LogP) is 1.57. The topological polar surface area (TPSA) is 34.9 Å². The fourth-order valence-corrected chi connectivity index (χ4v) is 0.445. The summed E-state index contributed by atoms with van der Waals surface area (Å²) < 4.78 is 1.42. The zero-order valence-electron chi connectivity index (χ0n) is 6.53. The van der Waals surface area contributed by atoms with Crippen LogP contribution in [-0.4, -0.2) is 15.5 Å². The van der Waals surface area contributed by atoms with E-state index in [4.69, 9.17) is 0 Å². The van der Waals surface area contributed by atoms with E-state index in [0.717, 1.165) is 0 Å². The number of carbonyl (C=O) groups excluding carboxylic acids is 1. The first-order chi connectivity index (χ1) is 4.80. The van der Waals surface area contributed by atoms with E-state index in [1.165, 1.54) is 17.8 Å². The smallest absolute Gasteiger partial charge is 0.228 e. The van der Waals surface area contributed by atoms with Crippen LogP contribution >= 0.6 is 0 Å². The minimum absolute atomic E-state index is 0.0116. The van der Waals surface area contributed by atoms with Crippen molar-refractivity contribution in [2.75, 3.05) is 0 Å². The molecule has 0 unspecified atom stereocenters. The Balaban J connectivity index is 0.000000371. The second kappa shape index (κ2) is 4.73. The summed E-state index contributed by atoms with van der Waals surface area (Å²) >= 11 is 0. The van der Waals surface area contributed by atoms with Gasteiger partial charge in [0.2, 0.25) is 5.91 Å². The number of nitrogens with zero attached hydrogens (tertiary/aromatic N) is 2. The summed E-state index contributed by atoms with van der Waals surface area (Å²) in [6.45, 7) is 5.49. The molecule has 1 aromatic rings. The van der Waals surface area contributed by atoms with E-state index < -0.39 is 0 Å². The molecule has 0 spiro atoms. The number of imidazole rings is 1. The quantitative estimate of drug-likeness (QED) is 0.548.